The summed E-state index contributed by atoms with van der Waals surface area (Å²) >= 11 is 1.80. The first kappa shape index (κ1) is 12.8. The average Bonchev–Trinajstić information content (AvgIpc) is 2.81. The molecule has 0 amide bonds. The molecule has 3 heteroatoms. The summed E-state index contributed by atoms with van der Waals surface area (Å²) in [5.41, 5.74) is 1.08. The molecule has 0 fully saturated rings. The molecular weight excluding hydrogens is 240 g/mol. The number of benzene rings is 1. The highest BCUT2D eigenvalue weighted by Gasteiger charge is 2.09. The highest BCUT2D eigenvalue weighted by molar-refractivity contribution is 7.11. The highest BCUT2D eigenvalue weighted by atomic mass is 32.1. The van der Waals surface area contributed by atoms with E-state index in [0.717, 1.165) is 12.1 Å². The van der Waals surface area contributed by atoms with Crippen molar-refractivity contribution in [1.82, 2.24) is 5.32 Å². The fraction of sp³-hybridized carbons (Fsp3) is 0.267. The van der Waals surface area contributed by atoms with Crippen LogP contribution in [0.15, 0.2) is 42.5 Å². The van der Waals surface area contributed by atoms with Crippen LogP contribution in [0.25, 0.3) is 0 Å². The van der Waals surface area contributed by atoms with Crippen LogP contribution in [-0.4, -0.2) is 6.54 Å². The van der Waals surface area contributed by atoms with Gasteiger partial charge in [0.25, 0.3) is 0 Å². The lowest BCUT2D eigenvalue weighted by atomic mass is 10.0. The van der Waals surface area contributed by atoms with Crippen molar-refractivity contribution in [2.24, 2.45) is 0 Å². The van der Waals surface area contributed by atoms with Gasteiger partial charge in [0.2, 0.25) is 0 Å². The van der Waals surface area contributed by atoms with Gasteiger partial charge in [-0.25, -0.2) is 0 Å². The zero-order valence-electron chi connectivity index (χ0n) is 10.4. The molecule has 1 N–H and O–H groups in total. The summed E-state index contributed by atoms with van der Waals surface area (Å²) in [5.74, 6) is -0.0766. The Balaban J connectivity index is 1.87. The number of hydrogen-bond acceptors (Lipinski definition) is 3. The van der Waals surface area contributed by atoms with Crippen molar-refractivity contribution in [3.63, 3.8) is 0 Å². The Hall–Kier alpha value is -1.63. The van der Waals surface area contributed by atoms with Crippen LogP contribution in [0.3, 0.4) is 0 Å². The summed E-state index contributed by atoms with van der Waals surface area (Å²) in [6.07, 6.45) is 0. The van der Waals surface area contributed by atoms with E-state index in [4.69, 9.17) is 0 Å². The fourth-order valence-corrected chi connectivity index (χ4v) is 2.70. The zero-order valence-corrected chi connectivity index (χ0v) is 11.2. The minimum Gasteiger partial charge on any atom is -0.310 e. The Bertz CT molecular complexity index is 525. The van der Waals surface area contributed by atoms with E-state index in [9.17, 15) is 5.26 Å². The van der Waals surface area contributed by atoms with Gasteiger partial charge in [0.05, 0.1) is 12.0 Å². The summed E-state index contributed by atoms with van der Waals surface area (Å²) in [4.78, 5) is 2.64. The van der Waals surface area contributed by atoms with E-state index in [-0.39, 0.29) is 5.92 Å². The number of thiophene rings is 1. The van der Waals surface area contributed by atoms with Crippen molar-refractivity contribution < 1.29 is 0 Å². The van der Waals surface area contributed by atoms with E-state index in [0.29, 0.717) is 6.54 Å². The molecule has 2 nitrogen and oxygen atoms in total. The molecule has 2 aromatic rings. The van der Waals surface area contributed by atoms with Crippen LogP contribution in [-0.2, 0) is 6.54 Å². The van der Waals surface area contributed by atoms with E-state index in [1.54, 1.807) is 11.3 Å². The predicted molar refractivity (Wildman–Crippen MR) is 75.6 cm³/mol. The van der Waals surface area contributed by atoms with Gasteiger partial charge in [-0.2, -0.15) is 5.26 Å². The molecule has 0 radical (unpaired) electrons. The van der Waals surface area contributed by atoms with Crippen LogP contribution < -0.4 is 5.32 Å². The lowest BCUT2D eigenvalue weighted by Crippen LogP contribution is -2.19. The summed E-state index contributed by atoms with van der Waals surface area (Å²) in [7, 11) is 0. The second-order valence-corrected chi connectivity index (χ2v) is 5.61. The second kappa shape index (κ2) is 6.34. The molecule has 1 aromatic heterocycles. The monoisotopic (exact) mass is 256 g/mol. The van der Waals surface area contributed by atoms with Gasteiger partial charge in [0, 0.05) is 22.8 Å². The highest BCUT2D eigenvalue weighted by Crippen LogP contribution is 2.16. The topological polar surface area (TPSA) is 35.8 Å². The van der Waals surface area contributed by atoms with Gasteiger partial charge in [-0.15, -0.1) is 11.3 Å². The van der Waals surface area contributed by atoms with Gasteiger partial charge < -0.3 is 5.32 Å². The molecule has 1 atom stereocenters. The molecule has 0 aliphatic rings. The molecule has 0 aliphatic carbocycles. The minimum absolute atomic E-state index is 0.0766. The smallest absolute Gasteiger partial charge is 0.0837 e. The number of hydrogen-bond donors (Lipinski definition) is 1. The third-order valence-electron chi connectivity index (χ3n) is 2.80. The van der Waals surface area contributed by atoms with Gasteiger partial charge in [0.1, 0.15) is 0 Å². The molecule has 1 aromatic carbocycles. The van der Waals surface area contributed by atoms with E-state index < -0.39 is 0 Å². The van der Waals surface area contributed by atoms with E-state index >= 15 is 0 Å². The first-order valence-electron chi connectivity index (χ1n) is 6.00. The van der Waals surface area contributed by atoms with E-state index in [1.165, 1.54) is 9.75 Å². The predicted octanol–water partition coefficient (Wildman–Crippen LogP) is 3.45. The number of nitrogens with one attached hydrogen (secondary N) is 1. The molecule has 92 valence electrons. The van der Waals surface area contributed by atoms with Crippen LogP contribution >= 0.6 is 11.3 Å². The van der Waals surface area contributed by atoms with Crippen LogP contribution in [0.4, 0.5) is 0 Å². The molecular formula is C15H16N2S. The first-order valence-corrected chi connectivity index (χ1v) is 6.82. The molecule has 1 unspecified atom stereocenters. The Kier molecular flexibility index (Phi) is 4.52. The number of nitriles is 1. The van der Waals surface area contributed by atoms with Gasteiger partial charge in [-0.1, -0.05) is 30.3 Å². The number of aryl methyl sites for hydroxylation is 1. The van der Waals surface area contributed by atoms with Crippen molar-refractivity contribution in [3.8, 4) is 6.07 Å². The molecule has 2 rings (SSSR count). The molecule has 0 saturated heterocycles. The normalized spacial score (nSPS) is 12.0. The minimum atomic E-state index is -0.0766. The number of nitrogens with zero attached hydrogens (tertiary/aromatic N) is 1. The van der Waals surface area contributed by atoms with Crippen LogP contribution in [0, 0.1) is 18.3 Å². The largest absolute Gasteiger partial charge is 0.310 e. The van der Waals surface area contributed by atoms with Crippen molar-refractivity contribution in [1.29, 1.82) is 5.26 Å². The van der Waals surface area contributed by atoms with Gasteiger partial charge in [-0.05, 0) is 24.6 Å². The van der Waals surface area contributed by atoms with Crippen LogP contribution in [0.2, 0.25) is 0 Å². The second-order valence-electron chi connectivity index (χ2n) is 4.24. The van der Waals surface area contributed by atoms with Crippen molar-refractivity contribution in [2.45, 2.75) is 19.4 Å². The maximum Gasteiger partial charge on any atom is 0.0837 e. The van der Waals surface area contributed by atoms with Gasteiger partial charge in [0.15, 0.2) is 0 Å². The molecule has 18 heavy (non-hydrogen) atoms. The molecule has 0 aliphatic heterocycles. The number of rotatable bonds is 5. The van der Waals surface area contributed by atoms with E-state index in [2.05, 4.69) is 30.4 Å². The maximum atomic E-state index is 9.19. The first-order chi connectivity index (χ1) is 8.79. The molecule has 0 bridgehead atoms. The summed E-state index contributed by atoms with van der Waals surface area (Å²) in [5, 5.41) is 12.5. The maximum absolute atomic E-state index is 9.19. The Morgan fingerprint density at radius 1 is 1.22 bits per heavy atom. The lowest BCUT2D eigenvalue weighted by Gasteiger charge is -2.10. The van der Waals surface area contributed by atoms with Gasteiger partial charge in [-0.3, -0.25) is 0 Å². The zero-order chi connectivity index (χ0) is 12.8. The standard InChI is InChI=1S/C15H16N2S/c1-12-7-8-15(18-12)11-17-10-14(9-16)13-5-3-2-4-6-13/h2-8,14,17H,10-11H2,1H3. The fourth-order valence-electron chi connectivity index (χ4n) is 1.84. The third kappa shape index (κ3) is 3.43. The van der Waals surface area contributed by atoms with E-state index in [1.807, 2.05) is 30.3 Å². The Morgan fingerprint density at radius 3 is 2.61 bits per heavy atom. The average molecular weight is 256 g/mol. The SMILES string of the molecule is Cc1ccc(CNCC(C#N)c2ccccc2)s1. The summed E-state index contributed by atoms with van der Waals surface area (Å²) < 4.78 is 0. The Labute approximate surface area is 112 Å². The Morgan fingerprint density at radius 2 is 2.00 bits per heavy atom. The summed E-state index contributed by atoms with van der Waals surface area (Å²) in [6, 6.07) is 16.5. The van der Waals surface area contributed by atoms with Crippen molar-refractivity contribution in [3.05, 3.63) is 57.8 Å². The quantitative estimate of drug-likeness (QED) is 0.889. The lowest BCUT2D eigenvalue weighted by molar-refractivity contribution is 0.657. The van der Waals surface area contributed by atoms with Crippen molar-refractivity contribution in [2.75, 3.05) is 6.54 Å². The van der Waals surface area contributed by atoms with Crippen molar-refractivity contribution >= 4 is 11.3 Å². The molecule has 0 saturated carbocycles. The molecule has 1 heterocycles. The summed E-state index contributed by atoms with van der Waals surface area (Å²) in [6.45, 7) is 3.64. The third-order valence-corrected chi connectivity index (χ3v) is 3.80. The van der Waals surface area contributed by atoms with Crippen LogP contribution in [0.5, 0.6) is 0 Å². The van der Waals surface area contributed by atoms with Gasteiger partial charge >= 0.3 is 0 Å². The van der Waals surface area contributed by atoms with Crippen LogP contribution in [0.1, 0.15) is 21.2 Å². The molecule has 0 spiro atoms.